The molecule has 28 heavy (non-hydrogen) atoms. The molecule has 1 aliphatic heterocycles. The molecular weight excluding hydrogens is 359 g/mol. The first-order valence-corrected chi connectivity index (χ1v) is 9.58. The Hall–Kier alpha value is -2.67. The van der Waals surface area contributed by atoms with Gasteiger partial charge in [-0.15, -0.1) is 0 Å². The predicted octanol–water partition coefficient (Wildman–Crippen LogP) is 4.26. The third-order valence-electron chi connectivity index (χ3n) is 5.42. The van der Waals surface area contributed by atoms with Gasteiger partial charge in [0.1, 0.15) is 23.2 Å². The van der Waals surface area contributed by atoms with Gasteiger partial charge in [0.05, 0.1) is 24.4 Å². The number of nitrogens with zero attached hydrogens (tertiary/aromatic N) is 4. The van der Waals surface area contributed by atoms with E-state index in [-0.39, 0.29) is 17.7 Å². The summed E-state index contributed by atoms with van der Waals surface area (Å²) in [7, 11) is 3.58. The monoisotopic (exact) mass is 384 g/mol. The van der Waals surface area contributed by atoms with E-state index in [9.17, 15) is 4.39 Å². The average Bonchev–Trinajstić information content (AvgIpc) is 3.28. The lowest BCUT2D eigenvalue weighted by molar-refractivity contribution is 0.129. The van der Waals surface area contributed by atoms with Gasteiger partial charge in [0, 0.05) is 26.0 Å². The van der Waals surface area contributed by atoms with Crippen molar-refractivity contribution in [1.29, 1.82) is 0 Å². The molecule has 1 aliphatic rings. The highest BCUT2D eigenvalue weighted by Gasteiger charge is 2.28. The minimum absolute atomic E-state index is 0.252. The highest BCUT2D eigenvalue weighted by Crippen LogP contribution is 2.33. The first kappa shape index (κ1) is 18.7. The lowest BCUT2D eigenvalue weighted by Gasteiger charge is -2.34. The molecule has 0 N–H and O–H groups in total. The minimum Gasteiger partial charge on any atom is -0.497 e. The Labute approximate surface area is 164 Å². The molecule has 3 aromatic rings. The van der Waals surface area contributed by atoms with E-state index in [1.54, 1.807) is 19.2 Å². The molecule has 2 aromatic heterocycles. The summed E-state index contributed by atoms with van der Waals surface area (Å²) in [5, 5.41) is 0. The van der Waals surface area contributed by atoms with Gasteiger partial charge in [0.25, 0.3) is 0 Å². The number of aryl methyl sites for hydroxylation is 2. The molecule has 0 amide bonds. The van der Waals surface area contributed by atoms with E-state index in [4.69, 9.17) is 9.15 Å². The third kappa shape index (κ3) is 3.54. The SMILES string of the molecule is COc1ccc(F)c(-c2nc(CN3CCCC[C@@H]3c3nccn3C)c(C)o2)c1. The molecule has 1 saturated heterocycles. The van der Waals surface area contributed by atoms with E-state index in [1.807, 2.05) is 26.4 Å². The normalized spacial score (nSPS) is 17.8. The number of halogens is 1. The number of benzene rings is 1. The smallest absolute Gasteiger partial charge is 0.229 e. The van der Waals surface area contributed by atoms with Gasteiger partial charge in [-0.1, -0.05) is 6.42 Å². The molecule has 3 heterocycles. The zero-order valence-electron chi connectivity index (χ0n) is 16.5. The van der Waals surface area contributed by atoms with Crippen LogP contribution in [0.25, 0.3) is 11.5 Å². The molecule has 1 fully saturated rings. The molecule has 0 bridgehead atoms. The van der Waals surface area contributed by atoms with Crippen LogP contribution in [0, 0.1) is 12.7 Å². The lowest BCUT2D eigenvalue weighted by atomic mass is 10.0. The van der Waals surface area contributed by atoms with E-state index in [0.717, 1.165) is 30.9 Å². The molecule has 6 nitrogen and oxygen atoms in total. The van der Waals surface area contributed by atoms with Crippen LogP contribution in [0.15, 0.2) is 35.0 Å². The molecule has 0 unspecified atom stereocenters. The zero-order chi connectivity index (χ0) is 19.7. The summed E-state index contributed by atoms with van der Waals surface area (Å²) in [6, 6.07) is 4.82. The van der Waals surface area contributed by atoms with Crippen LogP contribution in [0.2, 0.25) is 0 Å². The van der Waals surface area contributed by atoms with Crippen LogP contribution in [0.5, 0.6) is 5.75 Å². The van der Waals surface area contributed by atoms with Gasteiger partial charge >= 0.3 is 0 Å². The highest BCUT2D eigenvalue weighted by atomic mass is 19.1. The van der Waals surface area contributed by atoms with Crippen LogP contribution in [0.3, 0.4) is 0 Å². The molecule has 7 heteroatoms. The summed E-state index contributed by atoms with van der Waals surface area (Å²) in [5.74, 6) is 2.26. The van der Waals surface area contributed by atoms with Crippen molar-refractivity contribution in [2.45, 2.75) is 38.8 Å². The van der Waals surface area contributed by atoms with Crippen LogP contribution in [0.1, 0.15) is 42.6 Å². The Morgan fingerprint density at radius 2 is 2.18 bits per heavy atom. The van der Waals surface area contributed by atoms with E-state index < -0.39 is 0 Å². The summed E-state index contributed by atoms with van der Waals surface area (Å²) in [6.45, 7) is 3.51. The van der Waals surface area contributed by atoms with E-state index in [0.29, 0.717) is 23.6 Å². The van der Waals surface area contributed by atoms with Crippen molar-refractivity contribution in [3.8, 4) is 17.2 Å². The predicted molar refractivity (Wildman–Crippen MR) is 103 cm³/mol. The van der Waals surface area contributed by atoms with Crippen molar-refractivity contribution in [3.05, 3.63) is 53.7 Å². The van der Waals surface area contributed by atoms with Gasteiger partial charge in [-0.2, -0.15) is 0 Å². The maximum Gasteiger partial charge on any atom is 0.229 e. The number of aromatic nitrogens is 3. The maximum absolute atomic E-state index is 14.3. The number of oxazole rings is 1. The summed E-state index contributed by atoms with van der Waals surface area (Å²) >= 11 is 0. The van der Waals surface area contributed by atoms with Gasteiger partial charge in [-0.05, 0) is 44.5 Å². The second-order valence-corrected chi connectivity index (χ2v) is 7.25. The second kappa shape index (κ2) is 7.75. The van der Waals surface area contributed by atoms with Gasteiger partial charge < -0.3 is 13.7 Å². The fourth-order valence-electron chi connectivity index (χ4n) is 3.85. The van der Waals surface area contributed by atoms with Crippen molar-refractivity contribution in [2.75, 3.05) is 13.7 Å². The van der Waals surface area contributed by atoms with Crippen LogP contribution < -0.4 is 4.74 Å². The Morgan fingerprint density at radius 1 is 1.32 bits per heavy atom. The first-order valence-electron chi connectivity index (χ1n) is 9.58. The number of hydrogen-bond donors (Lipinski definition) is 0. The minimum atomic E-state index is -0.377. The maximum atomic E-state index is 14.3. The summed E-state index contributed by atoms with van der Waals surface area (Å²) in [6.07, 6.45) is 7.22. The molecule has 4 rings (SSSR count). The lowest BCUT2D eigenvalue weighted by Crippen LogP contribution is -2.34. The molecule has 1 aromatic carbocycles. The number of hydrogen-bond acceptors (Lipinski definition) is 5. The van der Waals surface area contributed by atoms with Crippen molar-refractivity contribution >= 4 is 0 Å². The number of likely N-dealkylation sites (tertiary alicyclic amines) is 1. The molecule has 148 valence electrons. The van der Waals surface area contributed by atoms with E-state index in [1.165, 1.54) is 12.5 Å². The van der Waals surface area contributed by atoms with Crippen molar-refractivity contribution < 1.29 is 13.5 Å². The molecular formula is C21H25FN4O2. The number of methoxy groups -OCH3 is 1. The third-order valence-corrected chi connectivity index (χ3v) is 5.42. The second-order valence-electron chi connectivity index (χ2n) is 7.25. The standard InChI is InChI=1S/C21H25FN4O2/c1-14-18(24-21(28-14)16-12-15(27-3)7-8-17(16)22)13-26-10-5-4-6-19(26)20-23-9-11-25(20)2/h7-9,11-12,19H,4-6,10,13H2,1-3H3/t19-/m1/s1. The molecule has 0 radical (unpaired) electrons. The van der Waals surface area contributed by atoms with Crippen molar-refractivity contribution in [2.24, 2.45) is 7.05 Å². The van der Waals surface area contributed by atoms with Crippen LogP contribution in [-0.2, 0) is 13.6 Å². The molecule has 0 aliphatic carbocycles. The highest BCUT2D eigenvalue weighted by molar-refractivity contribution is 5.57. The van der Waals surface area contributed by atoms with Gasteiger partial charge in [0.2, 0.25) is 5.89 Å². The zero-order valence-corrected chi connectivity index (χ0v) is 16.5. The first-order chi connectivity index (χ1) is 13.6. The molecule has 0 spiro atoms. The van der Waals surface area contributed by atoms with Gasteiger partial charge in [-0.25, -0.2) is 14.4 Å². The summed E-state index contributed by atoms with van der Waals surface area (Å²) < 4.78 is 27.4. The Kier molecular flexibility index (Phi) is 5.17. The van der Waals surface area contributed by atoms with Crippen LogP contribution in [-0.4, -0.2) is 33.1 Å². The van der Waals surface area contributed by atoms with E-state index >= 15 is 0 Å². The number of rotatable bonds is 5. The van der Waals surface area contributed by atoms with Crippen molar-refractivity contribution in [1.82, 2.24) is 19.4 Å². The van der Waals surface area contributed by atoms with Gasteiger partial charge in [-0.3, -0.25) is 4.90 Å². The summed E-state index contributed by atoms with van der Waals surface area (Å²) in [4.78, 5) is 11.6. The Balaban J connectivity index is 1.61. The van der Waals surface area contributed by atoms with Crippen LogP contribution >= 0.6 is 0 Å². The summed E-state index contributed by atoms with van der Waals surface area (Å²) in [5.41, 5.74) is 1.14. The topological polar surface area (TPSA) is 56.3 Å². The quantitative estimate of drug-likeness (QED) is 0.658. The average molecular weight is 384 g/mol. The largest absolute Gasteiger partial charge is 0.497 e. The number of piperidine rings is 1. The van der Waals surface area contributed by atoms with E-state index in [2.05, 4.69) is 19.4 Å². The Bertz CT molecular complexity index is 965. The molecule has 0 saturated carbocycles. The molecule has 1 atom stereocenters. The number of imidazole rings is 1. The van der Waals surface area contributed by atoms with Gasteiger partial charge in [0.15, 0.2) is 0 Å². The Morgan fingerprint density at radius 3 is 2.93 bits per heavy atom. The number of ether oxygens (including phenoxy) is 1. The van der Waals surface area contributed by atoms with Crippen LogP contribution in [0.4, 0.5) is 4.39 Å². The van der Waals surface area contributed by atoms with Crippen molar-refractivity contribution in [3.63, 3.8) is 0 Å². The fraction of sp³-hybridized carbons (Fsp3) is 0.429. The fourth-order valence-corrected chi connectivity index (χ4v) is 3.85.